The Hall–Kier alpha value is -0.510. The van der Waals surface area contributed by atoms with Gasteiger partial charge in [0.25, 0.3) is 0 Å². The van der Waals surface area contributed by atoms with Crippen molar-refractivity contribution in [2.45, 2.75) is 46.5 Å². The molecule has 0 heterocycles. The van der Waals surface area contributed by atoms with Gasteiger partial charge in [0.1, 0.15) is 0 Å². The molecular formula is C17H25N. The monoisotopic (exact) mass is 243 g/mol. The van der Waals surface area contributed by atoms with Gasteiger partial charge >= 0.3 is 0 Å². The summed E-state index contributed by atoms with van der Waals surface area (Å²) < 4.78 is 0. The number of nitrogens with zero attached hydrogens (tertiary/aromatic N) is 1. The van der Waals surface area contributed by atoms with E-state index in [4.69, 9.17) is 0 Å². The predicted molar refractivity (Wildman–Crippen MR) is 71.5 cm³/mol. The van der Waals surface area contributed by atoms with Crippen molar-refractivity contribution in [3.63, 3.8) is 0 Å². The molecule has 4 aliphatic rings. The van der Waals surface area contributed by atoms with Crippen LogP contribution < -0.4 is 0 Å². The molecule has 4 saturated carbocycles. The first-order chi connectivity index (χ1) is 8.50. The number of fused-ring (bicyclic) bond motifs is 9. The van der Waals surface area contributed by atoms with Crippen LogP contribution in [0.2, 0.25) is 0 Å². The third-order valence-corrected chi connectivity index (χ3v) is 7.10. The topological polar surface area (TPSA) is 23.8 Å². The third kappa shape index (κ3) is 1.23. The van der Waals surface area contributed by atoms with Gasteiger partial charge in [-0.25, -0.2) is 0 Å². The van der Waals surface area contributed by atoms with Crippen LogP contribution in [0.15, 0.2) is 0 Å². The zero-order chi connectivity index (χ0) is 12.7. The quantitative estimate of drug-likeness (QED) is 0.588. The molecule has 0 radical (unpaired) electrons. The minimum absolute atomic E-state index is 0.420. The smallest absolute Gasteiger partial charge is 0.0658 e. The van der Waals surface area contributed by atoms with Crippen LogP contribution >= 0.6 is 0 Å². The number of hydrogen-bond donors (Lipinski definition) is 0. The Morgan fingerprint density at radius 2 is 1.50 bits per heavy atom. The Morgan fingerprint density at radius 3 is 2.17 bits per heavy atom. The van der Waals surface area contributed by atoms with Crippen molar-refractivity contribution in [2.24, 2.45) is 52.8 Å². The van der Waals surface area contributed by atoms with Gasteiger partial charge in [-0.05, 0) is 72.5 Å². The molecule has 8 unspecified atom stereocenters. The van der Waals surface area contributed by atoms with Crippen molar-refractivity contribution in [1.82, 2.24) is 0 Å². The summed E-state index contributed by atoms with van der Waals surface area (Å²) >= 11 is 0. The van der Waals surface area contributed by atoms with Gasteiger partial charge in [0.05, 0.1) is 6.07 Å². The summed E-state index contributed by atoms with van der Waals surface area (Å²) in [6.45, 7) is 7.33. The highest BCUT2D eigenvalue weighted by atomic mass is 14.7. The van der Waals surface area contributed by atoms with Crippen molar-refractivity contribution in [3.8, 4) is 6.07 Å². The van der Waals surface area contributed by atoms with Crippen LogP contribution in [0, 0.1) is 64.1 Å². The highest BCUT2D eigenvalue weighted by Crippen LogP contribution is 2.71. The van der Waals surface area contributed by atoms with Gasteiger partial charge in [0.2, 0.25) is 0 Å². The van der Waals surface area contributed by atoms with Crippen molar-refractivity contribution in [1.29, 1.82) is 5.26 Å². The summed E-state index contributed by atoms with van der Waals surface area (Å²) in [5, 5.41) is 9.31. The molecule has 8 atom stereocenters. The van der Waals surface area contributed by atoms with E-state index in [1.54, 1.807) is 0 Å². The van der Waals surface area contributed by atoms with E-state index in [0.29, 0.717) is 11.3 Å². The van der Waals surface area contributed by atoms with Crippen molar-refractivity contribution < 1.29 is 0 Å². The van der Waals surface area contributed by atoms with E-state index < -0.39 is 0 Å². The van der Waals surface area contributed by atoms with E-state index in [2.05, 4.69) is 26.8 Å². The minimum atomic E-state index is 0.420. The van der Waals surface area contributed by atoms with E-state index in [1.807, 2.05) is 0 Å². The Morgan fingerprint density at radius 1 is 0.889 bits per heavy atom. The highest BCUT2D eigenvalue weighted by molar-refractivity contribution is 5.16. The van der Waals surface area contributed by atoms with Gasteiger partial charge in [-0.2, -0.15) is 5.26 Å². The molecule has 0 saturated heterocycles. The second kappa shape index (κ2) is 3.33. The second-order valence-corrected chi connectivity index (χ2v) is 8.65. The zero-order valence-corrected chi connectivity index (χ0v) is 11.9. The first-order valence-electron chi connectivity index (χ1n) is 7.90. The van der Waals surface area contributed by atoms with Crippen LogP contribution in [-0.4, -0.2) is 0 Å². The summed E-state index contributed by atoms with van der Waals surface area (Å²) in [7, 11) is 0. The molecule has 98 valence electrons. The van der Waals surface area contributed by atoms with E-state index >= 15 is 0 Å². The lowest BCUT2D eigenvalue weighted by Gasteiger charge is -2.44. The zero-order valence-electron chi connectivity index (χ0n) is 11.9. The van der Waals surface area contributed by atoms with E-state index in [0.717, 1.165) is 41.4 Å². The van der Waals surface area contributed by atoms with Crippen LogP contribution in [0.5, 0.6) is 0 Å². The summed E-state index contributed by atoms with van der Waals surface area (Å²) in [5.74, 6) is 7.06. The normalized spacial score (nSPS) is 56.8. The molecule has 0 amide bonds. The van der Waals surface area contributed by atoms with Gasteiger partial charge in [-0.3, -0.25) is 0 Å². The lowest BCUT2D eigenvalue weighted by Crippen LogP contribution is -2.39. The maximum atomic E-state index is 9.31. The molecule has 18 heavy (non-hydrogen) atoms. The fourth-order valence-electron chi connectivity index (χ4n) is 6.74. The summed E-state index contributed by atoms with van der Waals surface area (Å²) in [5.41, 5.74) is 0.501. The largest absolute Gasteiger partial charge is 0.198 e. The standard InChI is InChI=1S/C17H25N/c1-17(2,3)14-7-10-6-13(14)16-9-4-11(8-18)12(5-9)15(10)16/h9-16H,4-7H2,1-3H3. The molecule has 0 aromatic heterocycles. The van der Waals surface area contributed by atoms with Gasteiger partial charge in [-0.1, -0.05) is 20.8 Å². The maximum Gasteiger partial charge on any atom is 0.0658 e. The molecule has 0 aromatic rings. The molecule has 1 nitrogen and oxygen atoms in total. The van der Waals surface area contributed by atoms with Gasteiger partial charge in [0, 0.05) is 5.92 Å². The molecule has 0 spiro atoms. The summed E-state index contributed by atoms with van der Waals surface area (Å²) in [6.07, 6.45) is 5.61. The average molecular weight is 243 g/mol. The van der Waals surface area contributed by atoms with Crippen molar-refractivity contribution in [3.05, 3.63) is 0 Å². The number of hydrogen-bond acceptors (Lipinski definition) is 1. The molecule has 0 aliphatic heterocycles. The first kappa shape index (κ1) is 11.3. The Bertz CT molecular complexity index is 412. The third-order valence-electron chi connectivity index (χ3n) is 7.10. The Kier molecular flexibility index (Phi) is 2.09. The summed E-state index contributed by atoms with van der Waals surface area (Å²) in [4.78, 5) is 0. The molecule has 0 aromatic carbocycles. The molecular weight excluding hydrogens is 218 g/mol. The molecule has 4 fully saturated rings. The molecule has 0 N–H and O–H groups in total. The van der Waals surface area contributed by atoms with Crippen LogP contribution in [0.4, 0.5) is 0 Å². The minimum Gasteiger partial charge on any atom is -0.198 e. The lowest BCUT2D eigenvalue weighted by atomic mass is 9.60. The maximum absolute atomic E-state index is 9.31. The van der Waals surface area contributed by atoms with Crippen LogP contribution in [0.25, 0.3) is 0 Å². The molecule has 4 aliphatic carbocycles. The fourth-order valence-corrected chi connectivity index (χ4v) is 6.74. The van der Waals surface area contributed by atoms with Crippen molar-refractivity contribution in [2.75, 3.05) is 0 Å². The van der Waals surface area contributed by atoms with Gasteiger partial charge < -0.3 is 0 Å². The molecule has 4 bridgehead atoms. The van der Waals surface area contributed by atoms with Crippen LogP contribution in [-0.2, 0) is 0 Å². The highest BCUT2D eigenvalue weighted by Gasteiger charge is 2.65. The van der Waals surface area contributed by atoms with E-state index in [1.165, 1.54) is 25.7 Å². The van der Waals surface area contributed by atoms with Gasteiger partial charge in [0.15, 0.2) is 0 Å². The summed E-state index contributed by atoms with van der Waals surface area (Å²) in [6, 6.07) is 2.61. The Labute approximate surface area is 111 Å². The first-order valence-corrected chi connectivity index (χ1v) is 7.90. The van der Waals surface area contributed by atoms with Crippen molar-refractivity contribution >= 4 is 0 Å². The van der Waals surface area contributed by atoms with Crippen LogP contribution in [0.1, 0.15) is 46.5 Å². The fraction of sp³-hybridized carbons (Fsp3) is 0.941. The molecule has 1 heteroatoms. The van der Waals surface area contributed by atoms with Gasteiger partial charge in [-0.15, -0.1) is 0 Å². The number of nitriles is 1. The van der Waals surface area contributed by atoms with E-state index in [9.17, 15) is 5.26 Å². The van der Waals surface area contributed by atoms with E-state index in [-0.39, 0.29) is 0 Å². The molecule has 4 rings (SSSR count). The number of rotatable bonds is 0. The Balaban J connectivity index is 1.64. The SMILES string of the molecule is CC(C)(C)C1CC2CC1C1C3CC(C#N)C(C3)C21. The lowest BCUT2D eigenvalue weighted by molar-refractivity contribution is 0.0409. The predicted octanol–water partition coefficient (Wildman–Crippen LogP) is 4.10. The average Bonchev–Trinajstić information content (AvgIpc) is 3.03. The van der Waals surface area contributed by atoms with Crippen LogP contribution in [0.3, 0.4) is 0 Å². The second-order valence-electron chi connectivity index (χ2n) is 8.65.